The van der Waals surface area contributed by atoms with Crippen molar-refractivity contribution in [3.8, 4) is 0 Å². The van der Waals surface area contributed by atoms with Gasteiger partial charge in [-0.05, 0) is 25.7 Å². The van der Waals surface area contributed by atoms with Gasteiger partial charge in [-0.3, -0.25) is 9.78 Å². The fourth-order valence-corrected chi connectivity index (χ4v) is 1.96. The normalized spacial score (nSPS) is 14.6. The van der Waals surface area contributed by atoms with Crippen LogP contribution in [0.5, 0.6) is 0 Å². The maximum atomic E-state index is 11.8. The maximum Gasteiger partial charge on any atom is 0.255 e. The maximum absolute atomic E-state index is 11.8. The SMILES string of the molecule is COCCNc1nc2c(c(=O)[nH]1)CCCC2. The molecule has 5 heteroatoms. The first-order chi connectivity index (χ1) is 7.81. The van der Waals surface area contributed by atoms with E-state index in [-0.39, 0.29) is 5.56 Å². The van der Waals surface area contributed by atoms with Gasteiger partial charge in [0.1, 0.15) is 0 Å². The average molecular weight is 223 g/mol. The lowest BCUT2D eigenvalue weighted by atomic mass is 9.97. The summed E-state index contributed by atoms with van der Waals surface area (Å²) in [6.07, 6.45) is 3.99. The Balaban J connectivity index is 2.15. The molecule has 16 heavy (non-hydrogen) atoms. The van der Waals surface area contributed by atoms with Crippen LogP contribution in [-0.2, 0) is 17.6 Å². The van der Waals surface area contributed by atoms with E-state index in [1.165, 1.54) is 0 Å². The second kappa shape index (κ2) is 5.12. The van der Waals surface area contributed by atoms with Crippen LogP contribution in [0, 0.1) is 0 Å². The highest BCUT2D eigenvalue weighted by Gasteiger charge is 2.14. The molecule has 0 aromatic carbocycles. The van der Waals surface area contributed by atoms with Crippen LogP contribution in [0.1, 0.15) is 24.1 Å². The van der Waals surface area contributed by atoms with Crippen molar-refractivity contribution in [1.29, 1.82) is 0 Å². The van der Waals surface area contributed by atoms with Crippen molar-refractivity contribution in [3.63, 3.8) is 0 Å². The number of ether oxygens (including phenoxy) is 1. The molecular weight excluding hydrogens is 206 g/mol. The largest absolute Gasteiger partial charge is 0.383 e. The summed E-state index contributed by atoms with van der Waals surface area (Å²) in [5.41, 5.74) is 1.82. The van der Waals surface area contributed by atoms with Crippen LogP contribution in [0.2, 0.25) is 0 Å². The molecule has 1 aromatic heterocycles. The molecule has 1 heterocycles. The second-order valence-corrected chi connectivity index (χ2v) is 3.97. The highest BCUT2D eigenvalue weighted by Crippen LogP contribution is 2.16. The van der Waals surface area contributed by atoms with Crippen molar-refractivity contribution in [2.75, 3.05) is 25.6 Å². The zero-order valence-corrected chi connectivity index (χ0v) is 9.51. The topological polar surface area (TPSA) is 67.0 Å². The molecule has 0 unspecified atom stereocenters. The molecule has 0 atom stereocenters. The standard InChI is InChI=1S/C11H17N3O2/c1-16-7-6-12-11-13-9-5-3-2-4-8(9)10(15)14-11/h2-7H2,1H3,(H2,12,13,14,15). The van der Waals surface area contributed by atoms with E-state index in [2.05, 4.69) is 15.3 Å². The van der Waals surface area contributed by atoms with Crippen LogP contribution in [0.15, 0.2) is 4.79 Å². The van der Waals surface area contributed by atoms with Gasteiger partial charge in [-0.25, -0.2) is 4.98 Å². The van der Waals surface area contributed by atoms with Gasteiger partial charge < -0.3 is 10.1 Å². The number of methoxy groups -OCH3 is 1. The average Bonchev–Trinajstić information content (AvgIpc) is 2.30. The zero-order chi connectivity index (χ0) is 11.4. The first-order valence-corrected chi connectivity index (χ1v) is 5.66. The number of fused-ring (bicyclic) bond motifs is 1. The van der Waals surface area contributed by atoms with Crippen molar-refractivity contribution < 1.29 is 4.74 Å². The summed E-state index contributed by atoms with van der Waals surface area (Å²) in [5.74, 6) is 0.558. The summed E-state index contributed by atoms with van der Waals surface area (Å²) in [6.45, 7) is 1.25. The van der Waals surface area contributed by atoms with Crippen LogP contribution in [-0.4, -0.2) is 30.2 Å². The third kappa shape index (κ3) is 2.41. The number of hydrogen-bond donors (Lipinski definition) is 2. The van der Waals surface area contributed by atoms with Crippen molar-refractivity contribution in [1.82, 2.24) is 9.97 Å². The Bertz CT molecular complexity index is 414. The van der Waals surface area contributed by atoms with Gasteiger partial charge in [0, 0.05) is 19.2 Å². The summed E-state index contributed by atoms with van der Waals surface area (Å²) in [6, 6.07) is 0. The molecule has 0 aliphatic heterocycles. The lowest BCUT2D eigenvalue weighted by Gasteiger charge is -2.14. The van der Waals surface area contributed by atoms with Crippen LogP contribution >= 0.6 is 0 Å². The molecule has 0 spiro atoms. The monoisotopic (exact) mass is 223 g/mol. The number of rotatable bonds is 4. The van der Waals surface area contributed by atoms with E-state index in [4.69, 9.17) is 4.74 Å². The van der Waals surface area contributed by atoms with Gasteiger partial charge in [0.25, 0.3) is 5.56 Å². The number of nitrogens with one attached hydrogen (secondary N) is 2. The lowest BCUT2D eigenvalue weighted by Crippen LogP contribution is -2.23. The van der Waals surface area contributed by atoms with Gasteiger partial charge in [-0.1, -0.05) is 0 Å². The highest BCUT2D eigenvalue weighted by molar-refractivity contribution is 5.30. The smallest absolute Gasteiger partial charge is 0.255 e. The van der Waals surface area contributed by atoms with Crippen molar-refractivity contribution in [2.24, 2.45) is 0 Å². The molecule has 1 aromatic rings. The third-order valence-electron chi connectivity index (χ3n) is 2.79. The van der Waals surface area contributed by atoms with Crippen molar-refractivity contribution in [2.45, 2.75) is 25.7 Å². The second-order valence-electron chi connectivity index (χ2n) is 3.97. The number of hydrogen-bond acceptors (Lipinski definition) is 4. The summed E-state index contributed by atoms with van der Waals surface area (Å²) in [4.78, 5) is 18.9. The van der Waals surface area contributed by atoms with Gasteiger partial charge in [-0.2, -0.15) is 0 Å². The van der Waals surface area contributed by atoms with Crippen LogP contribution < -0.4 is 10.9 Å². The molecule has 2 rings (SSSR count). The van der Waals surface area contributed by atoms with Gasteiger partial charge >= 0.3 is 0 Å². The molecule has 0 fully saturated rings. The van der Waals surface area contributed by atoms with E-state index >= 15 is 0 Å². The van der Waals surface area contributed by atoms with E-state index in [0.29, 0.717) is 19.1 Å². The van der Waals surface area contributed by atoms with E-state index in [1.807, 2.05) is 0 Å². The Hall–Kier alpha value is -1.36. The number of nitrogens with zero attached hydrogens (tertiary/aromatic N) is 1. The van der Waals surface area contributed by atoms with Gasteiger partial charge in [0.2, 0.25) is 5.95 Å². The molecule has 2 N–H and O–H groups in total. The predicted octanol–water partition coefficient (Wildman–Crippen LogP) is 0.707. The molecular formula is C11H17N3O2. The van der Waals surface area contributed by atoms with E-state index < -0.39 is 0 Å². The number of H-pyrrole nitrogens is 1. The van der Waals surface area contributed by atoms with Crippen LogP contribution in [0.4, 0.5) is 5.95 Å². The Morgan fingerprint density at radius 2 is 2.25 bits per heavy atom. The van der Waals surface area contributed by atoms with Crippen molar-refractivity contribution >= 4 is 5.95 Å². The predicted molar refractivity (Wildman–Crippen MR) is 61.9 cm³/mol. The first kappa shape index (κ1) is 11.1. The number of anilines is 1. The molecule has 0 radical (unpaired) electrons. The Morgan fingerprint density at radius 1 is 1.44 bits per heavy atom. The molecule has 0 saturated heterocycles. The lowest BCUT2D eigenvalue weighted by molar-refractivity contribution is 0.210. The van der Waals surface area contributed by atoms with Crippen LogP contribution in [0.3, 0.4) is 0 Å². The minimum atomic E-state index is 0.00427. The number of aryl methyl sites for hydroxylation is 1. The zero-order valence-electron chi connectivity index (χ0n) is 9.51. The summed E-state index contributed by atoms with van der Waals surface area (Å²) >= 11 is 0. The van der Waals surface area contributed by atoms with Crippen molar-refractivity contribution in [3.05, 3.63) is 21.6 Å². The molecule has 88 valence electrons. The molecule has 0 amide bonds. The molecule has 0 saturated carbocycles. The van der Waals surface area contributed by atoms with E-state index in [0.717, 1.165) is 36.9 Å². The number of aromatic nitrogens is 2. The fraction of sp³-hybridized carbons (Fsp3) is 0.636. The van der Waals surface area contributed by atoms with Gasteiger partial charge in [0.05, 0.1) is 12.3 Å². The van der Waals surface area contributed by atoms with Crippen LogP contribution in [0.25, 0.3) is 0 Å². The Morgan fingerprint density at radius 3 is 3.06 bits per heavy atom. The molecule has 5 nitrogen and oxygen atoms in total. The fourth-order valence-electron chi connectivity index (χ4n) is 1.96. The molecule has 1 aliphatic rings. The first-order valence-electron chi connectivity index (χ1n) is 5.66. The summed E-state index contributed by atoms with van der Waals surface area (Å²) in [5, 5.41) is 3.04. The van der Waals surface area contributed by atoms with E-state index in [1.54, 1.807) is 7.11 Å². The quantitative estimate of drug-likeness (QED) is 0.738. The van der Waals surface area contributed by atoms with Gasteiger partial charge in [-0.15, -0.1) is 0 Å². The Kier molecular flexibility index (Phi) is 3.56. The van der Waals surface area contributed by atoms with E-state index in [9.17, 15) is 4.79 Å². The summed E-state index contributed by atoms with van der Waals surface area (Å²) < 4.78 is 4.92. The highest BCUT2D eigenvalue weighted by atomic mass is 16.5. The minimum absolute atomic E-state index is 0.00427. The Labute approximate surface area is 94.2 Å². The molecule has 1 aliphatic carbocycles. The molecule has 0 bridgehead atoms. The summed E-state index contributed by atoms with van der Waals surface area (Å²) in [7, 11) is 1.64. The van der Waals surface area contributed by atoms with Gasteiger partial charge in [0.15, 0.2) is 0 Å². The number of aromatic amines is 1. The third-order valence-corrected chi connectivity index (χ3v) is 2.79. The minimum Gasteiger partial charge on any atom is -0.383 e.